The number of rotatable bonds is 8. The lowest BCUT2D eigenvalue weighted by Crippen LogP contribution is -2.57. The van der Waals surface area contributed by atoms with Gasteiger partial charge in [0.05, 0.1) is 0 Å². The average Bonchev–Trinajstić information content (AvgIpc) is 3.21. The van der Waals surface area contributed by atoms with E-state index in [1.807, 2.05) is 0 Å². The van der Waals surface area contributed by atoms with Crippen molar-refractivity contribution in [2.75, 3.05) is 32.7 Å². The number of nitrogens with zero attached hydrogens (tertiary/aromatic N) is 1. The summed E-state index contributed by atoms with van der Waals surface area (Å²) in [7, 11) is 0. The summed E-state index contributed by atoms with van der Waals surface area (Å²) in [6, 6.07) is 0. The van der Waals surface area contributed by atoms with E-state index >= 15 is 0 Å². The van der Waals surface area contributed by atoms with Crippen molar-refractivity contribution >= 4 is 0 Å². The summed E-state index contributed by atoms with van der Waals surface area (Å²) >= 11 is 0. The fraction of sp³-hybridized carbons (Fsp3) is 1.00. The first kappa shape index (κ1) is 14.3. The number of piperidine rings is 1. The van der Waals surface area contributed by atoms with Crippen LogP contribution >= 0.6 is 0 Å². The molecule has 1 aliphatic heterocycles. The van der Waals surface area contributed by atoms with E-state index < -0.39 is 0 Å². The van der Waals surface area contributed by atoms with Crippen LogP contribution in [-0.2, 0) is 0 Å². The van der Waals surface area contributed by atoms with Crippen LogP contribution < -0.4 is 11.1 Å². The van der Waals surface area contributed by atoms with Gasteiger partial charge in [-0.05, 0) is 64.2 Å². The Morgan fingerprint density at radius 2 is 2.00 bits per heavy atom. The highest BCUT2D eigenvalue weighted by molar-refractivity contribution is 4.94. The van der Waals surface area contributed by atoms with Crippen LogP contribution in [0.1, 0.15) is 51.9 Å². The van der Waals surface area contributed by atoms with Crippen molar-refractivity contribution in [2.24, 2.45) is 11.7 Å². The highest BCUT2D eigenvalue weighted by Gasteiger charge is 2.32. The zero-order valence-electron chi connectivity index (χ0n) is 12.1. The number of hydrogen-bond acceptors (Lipinski definition) is 3. The topological polar surface area (TPSA) is 41.3 Å². The first-order chi connectivity index (χ1) is 8.78. The zero-order valence-corrected chi connectivity index (χ0v) is 12.1. The van der Waals surface area contributed by atoms with Gasteiger partial charge >= 0.3 is 0 Å². The Labute approximate surface area is 112 Å². The quantitative estimate of drug-likeness (QED) is 0.650. The van der Waals surface area contributed by atoms with Gasteiger partial charge in [-0.15, -0.1) is 0 Å². The van der Waals surface area contributed by atoms with Gasteiger partial charge in [0.1, 0.15) is 0 Å². The summed E-state index contributed by atoms with van der Waals surface area (Å²) in [4.78, 5) is 2.58. The molecule has 0 atom stereocenters. The Balaban J connectivity index is 1.66. The van der Waals surface area contributed by atoms with E-state index in [2.05, 4.69) is 17.1 Å². The van der Waals surface area contributed by atoms with Crippen molar-refractivity contribution in [3.05, 3.63) is 0 Å². The van der Waals surface area contributed by atoms with Crippen LogP contribution in [0, 0.1) is 5.92 Å². The molecule has 1 aliphatic carbocycles. The molecule has 0 spiro atoms. The van der Waals surface area contributed by atoms with Crippen molar-refractivity contribution in [3.63, 3.8) is 0 Å². The summed E-state index contributed by atoms with van der Waals surface area (Å²) in [6.07, 6.45) is 9.45. The number of hydrogen-bond donors (Lipinski definition) is 2. The van der Waals surface area contributed by atoms with Crippen molar-refractivity contribution < 1.29 is 0 Å². The van der Waals surface area contributed by atoms with Crippen molar-refractivity contribution in [1.29, 1.82) is 0 Å². The Bertz CT molecular complexity index is 230. The van der Waals surface area contributed by atoms with E-state index in [4.69, 9.17) is 5.73 Å². The minimum absolute atomic E-state index is 0.244. The van der Waals surface area contributed by atoms with E-state index in [0.717, 1.165) is 12.5 Å². The van der Waals surface area contributed by atoms with Gasteiger partial charge in [-0.25, -0.2) is 0 Å². The maximum absolute atomic E-state index is 6.03. The number of likely N-dealkylation sites (tertiary alicyclic amines) is 1. The van der Waals surface area contributed by atoms with Crippen LogP contribution in [0.3, 0.4) is 0 Å². The van der Waals surface area contributed by atoms with Gasteiger partial charge in [0.15, 0.2) is 0 Å². The summed E-state index contributed by atoms with van der Waals surface area (Å²) < 4.78 is 0. The Hall–Kier alpha value is -0.120. The predicted octanol–water partition coefficient (Wildman–Crippen LogP) is 1.97. The third kappa shape index (κ3) is 4.22. The molecular weight excluding hydrogens is 222 g/mol. The molecule has 3 nitrogen and oxygen atoms in total. The van der Waals surface area contributed by atoms with Gasteiger partial charge < -0.3 is 16.0 Å². The van der Waals surface area contributed by atoms with Gasteiger partial charge in [-0.3, -0.25) is 0 Å². The summed E-state index contributed by atoms with van der Waals surface area (Å²) in [5.41, 5.74) is 6.27. The molecule has 3 N–H and O–H groups in total. The Morgan fingerprint density at radius 1 is 1.28 bits per heavy atom. The third-order valence-electron chi connectivity index (χ3n) is 4.73. The third-order valence-corrected chi connectivity index (χ3v) is 4.73. The second kappa shape index (κ2) is 6.88. The maximum Gasteiger partial charge on any atom is 0.0328 e. The molecule has 3 heteroatoms. The van der Waals surface area contributed by atoms with Crippen LogP contribution in [-0.4, -0.2) is 43.2 Å². The van der Waals surface area contributed by atoms with Gasteiger partial charge in [-0.2, -0.15) is 0 Å². The minimum Gasteiger partial charge on any atom is -0.329 e. The second-order valence-electron chi connectivity index (χ2n) is 6.34. The van der Waals surface area contributed by atoms with Gasteiger partial charge in [-0.1, -0.05) is 19.8 Å². The smallest absolute Gasteiger partial charge is 0.0328 e. The summed E-state index contributed by atoms with van der Waals surface area (Å²) in [5.74, 6) is 1.06. The van der Waals surface area contributed by atoms with Crippen LogP contribution in [0.2, 0.25) is 0 Å². The molecule has 106 valence electrons. The molecule has 0 radical (unpaired) electrons. The molecule has 18 heavy (non-hydrogen) atoms. The highest BCUT2D eigenvalue weighted by Crippen LogP contribution is 2.33. The molecule has 2 rings (SSSR count). The highest BCUT2D eigenvalue weighted by atomic mass is 15.2. The largest absolute Gasteiger partial charge is 0.329 e. The monoisotopic (exact) mass is 253 g/mol. The zero-order chi connectivity index (χ0) is 12.8. The Kier molecular flexibility index (Phi) is 5.46. The molecule has 0 unspecified atom stereocenters. The van der Waals surface area contributed by atoms with Crippen molar-refractivity contribution in [2.45, 2.75) is 57.4 Å². The first-order valence-corrected chi connectivity index (χ1v) is 7.95. The van der Waals surface area contributed by atoms with Crippen LogP contribution in [0.15, 0.2) is 0 Å². The lowest BCUT2D eigenvalue weighted by Gasteiger charge is -2.42. The van der Waals surface area contributed by atoms with E-state index in [1.165, 1.54) is 71.1 Å². The van der Waals surface area contributed by atoms with Crippen molar-refractivity contribution in [3.8, 4) is 0 Å². The normalized spacial score (nSPS) is 24.3. The maximum atomic E-state index is 6.03. The van der Waals surface area contributed by atoms with Gasteiger partial charge in [0.2, 0.25) is 0 Å². The summed E-state index contributed by atoms with van der Waals surface area (Å²) in [5, 5.41) is 3.78. The SMILES string of the molecule is CCCN1CCC(CN)(NCCCC2CC2)CC1. The van der Waals surface area contributed by atoms with E-state index in [1.54, 1.807) is 0 Å². The molecule has 1 saturated carbocycles. The predicted molar refractivity (Wildman–Crippen MR) is 77.7 cm³/mol. The minimum atomic E-state index is 0.244. The van der Waals surface area contributed by atoms with Crippen molar-refractivity contribution in [1.82, 2.24) is 10.2 Å². The molecule has 0 aromatic rings. The average molecular weight is 253 g/mol. The van der Waals surface area contributed by atoms with Crippen LogP contribution in [0.4, 0.5) is 0 Å². The molecule has 2 aliphatic rings. The fourth-order valence-corrected chi connectivity index (χ4v) is 3.12. The molecular formula is C15H31N3. The summed E-state index contributed by atoms with van der Waals surface area (Å²) in [6.45, 7) is 7.93. The first-order valence-electron chi connectivity index (χ1n) is 7.95. The lowest BCUT2D eigenvalue weighted by atomic mass is 9.87. The van der Waals surface area contributed by atoms with Crippen LogP contribution in [0.5, 0.6) is 0 Å². The van der Waals surface area contributed by atoms with E-state index in [9.17, 15) is 0 Å². The van der Waals surface area contributed by atoms with E-state index in [0.29, 0.717) is 0 Å². The second-order valence-corrected chi connectivity index (χ2v) is 6.34. The fourth-order valence-electron chi connectivity index (χ4n) is 3.12. The standard InChI is InChI=1S/C15H31N3/c1-2-10-18-11-7-15(13-16,8-12-18)17-9-3-4-14-5-6-14/h14,17H,2-13,16H2,1H3. The van der Waals surface area contributed by atoms with Gasteiger partial charge in [0.25, 0.3) is 0 Å². The molecule has 1 heterocycles. The van der Waals surface area contributed by atoms with E-state index in [-0.39, 0.29) is 5.54 Å². The van der Waals surface area contributed by atoms with Crippen LogP contribution in [0.25, 0.3) is 0 Å². The molecule has 0 amide bonds. The molecule has 0 aromatic carbocycles. The molecule has 2 fully saturated rings. The molecule has 0 bridgehead atoms. The molecule has 0 aromatic heterocycles. The number of nitrogens with one attached hydrogen (secondary N) is 1. The lowest BCUT2D eigenvalue weighted by molar-refractivity contribution is 0.139. The van der Waals surface area contributed by atoms with Gasteiger partial charge in [0, 0.05) is 12.1 Å². The molecule has 1 saturated heterocycles. The number of nitrogens with two attached hydrogens (primary N) is 1. The Morgan fingerprint density at radius 3 is 2.56 bits per heavy atom.